The van der Waals surface area contributed by atoms with Crippen LogP contribution in [0.1, 0.15) is 6.42 Å². The SMILES string of the molecule is [O]C1C[C@@H](O)[C@H](O)[C@@H](CO)O1. The van der Waals surface area contributed by atoms with Crippen LogP contribution in [-0.4, -0.2) is 46.5 Å². The van der Waals surface area contributed by atoms with Gasteiger partial charge >= 0.3 is 0 Å². The van der Waals surface area contributed by atoms with Crippen LogP contribution < -0.4 is 0 Å². The lowest BCUT2D eigenvalue weighted by molar-refractivity contribution is -0.258. The molecule has 1 heterocycles. The largest absolute Gasteiger partial charge is 0.394 e. The molecule has 11 heavy (non-hydrogen) atoms. The summed E-state index contributed by atoms with van der Waals surface area (Å²) in [5.41, 5.74) is 0. The lowest BCUT2D eigenvalue weighted by atomic mass is 10.0. The number of aliphatic hydroxyl groups excluding tert-OH is 3. The summed E-state index contributed by atoms with van der Waals surface area (Å²) in [6, 6.07) is 0. The lowest BCUT2D eigenvalue weighted by Gasteiger charge is -2.32. The molecule has 1 unspecified atom stereocenters. The van der Waals surface area contributed by atoms with Crippen LogP contribution in [0.2, 0.25) is 0 Å². The monoisotopic (exact) mass is 163 g/mol. The Labute approximate surface area is 63.8 Å². The Kier molecular flexibility index (Phi) is 2.80. The van der Waals surface area contributed by atoms with Gasteiger partial charge in [-0.05, 0) is 0 Å². The van der Waals surface area contributed by atoms with Gasteiger partial charge < -0.3 is 20.1 Å². The van der Waals surface area contributed by atoms with Crippen LogP contribution >= 0.6 is 0 Å². The normalized spacial score (nSPS) is 45.8. The van der Waals surface area contributed by atoms with Crippen molar-refractivity contribution in [2.24, 2.45) is 0 Å². The van der Waals surface area contributed by atoms with E-state index in [1.807, 2.05) is 0 Å². The second-order valence-electron chi connectivity index (χ2n) is 2.58. The van der Waals surface area contributed by atoms with Crippen LogP contribution in [0.3, 0.4) is 0 Å². The number of aliphatic hydroxyl groups is 3. The fraction of sp³-hybridized carbons (Fsp3) is 1.00. The molecule has 1 aliphatic rings. The van der Waals surface area contributed by atoms with E-state index in [1.165, 1.54) is 0 Å². The van der Waals surface area contributed by atoms with Crippen LogP contribution in [-0.2, 0) is 9.84 Å². The lowest BCUT2D eigenvalue weighted by Crippen LogP contribution is -2.49. The molecule has 0 aromatic carbocycles. The van der Waals surface area contributed by atoms with Crippen molar-refractivity contribution in [3.63, 3.8) is 0 Å². The summed E-state index contributed by atoms with van der Waals surface area (Å²) in [5.74, 6) is 0. The molecule has 4 atom stereocenters. The smallest absolute Gasteiger partial charge is 0.194 e. The third kappa shape index (κ3) is 1.88. The maximum absolute atomic E-state index is 10.7. The molecule has 0 aromatic rings. The highest BCUT2D eigenvalue weighted by atomic mass is 16.6. The van der Waals surface area contributed by atoms with Gasteiger partial charge in [0.25, 0.3) is 0 Å². The highest BCUT2D eigenvalue weighted by Crippen LogP contribution is 2.18. The van der Waals surface area contributed by atoms with Crippen LogP contribution in [0.15, 0.2) is 0 Å². The average molecular weight is 163 g/mol. The molecule has 65 valence electrons. The summed E-state index contributed by atoms with van der Waals surface area (Å²) in [5, 5.41) is 37.3. The molecule has 1 aliphatic heterocycles. The van der Waals surface area contributed by atoms with E-state index in [9.17, 15) is 5.11 Å². The van der Waals surface area contributed by atoms with Gasteiger partial charge in [-0.1, -0.05) is 0 Å². The van der Waals surface area contributed by atoms with E-state index in [0.29, 0.717) is 0 Å². The van der Waals surface area contributed by atoms with Gasteiger partial charge in [0.05, 0.1) is 12.7 Å². The molecule has 1 radical (unpaired) electrons. The second-order valence-corrected chi connectivity index (χ2v) is 2.58. The van der Waals surface area contributed by atoms with Crippen molar-refractivity contribution >= 4 is 0 Å². The van der Waals surface area contributed by atoms with Gasteiger partial charge in [0.2, 0.25) is 0 Å². The fourth-order valence-electron chi connectivity index (χ4n) is 1.07. The van der Waals surface area contributed by atoms with Gasteiger partial charge in [-0.25, -0.2) is 5.11 Å². The van der Waals surface area contributed by atoms with Crippen molar-refractivity contribution in [1.29, 1.82) is 0 Å². The van der Waals surface area contributed by atoms with E-state index < -0.39 is 31.2 Å². The zero-order chi connectivity index (χ0) is 8.43. The minimum absolute atomic E-state index is 0.127. The zero-order valence-corrected chi connectivity index (χ0v) is 5.88. The predicted molar refractivity (Wildman–Crippen MR) is 33.1 cm³/mol. The third-order valence-corrected chi connectivity index (χ3v) is 1.72. The Bertz CT molecular complexity index is 128. The number of hydrogen-bond acceptors (Lipinski definition) is 4. The molecule has 1 fully saturated rings. The summed E-state index contributed by atoms with van der Waals surface area (Å²) < 4.78 is 4.60. The van der Waals surface area contributed by atoms with Gasteiger partial charge in [-0.2, -0.15) is 0 Å². The second kappa shape index (κ2) is 3.46. The third-order valence-electron chi connectivity index (χ3n) is 1.72. The van der Waals surface area contributed by atoms with E-state index >= 15 is 0 Å². The molecule has 5 heteroatoms. The Morgan fingerprint density at radius 3 is 2.64 bits per heavy atom. The maximum Gasteiger partial charge on any atom is 0.194 e. The minimum atomic E-state index is -1.34. The first kappa shape index (κ1) is 8.89. The Hall–Kier alpha value is -0.200. The summed E-state index contributed by atoms with van der Waals surface area (Å²) >= 11 is 0. The summed E-state index contributed by atoms with van der Waals surface area (Å²) in [6.07, 6.45) is -4.64. The molecular weight excluding hydrogens is 152 g/mol. The quantitative estimate of drug-likeness (QED) is 0.427. The Balaban J connectivity index is 2.51. The van der Waals surface area contributed by atoms with Crippen molar-refractivity contribution in [3.05, 3.63) is 0 Å². The molecule has 0 aromatic heterocycles. The zero-order valence-electron chi connectivity index (χ0n) is 5.88. The molecule has 0 saturated carbocycles. The van der Waals surface area contributed by atoms with Crippen molar-refractivity contribution < 1.29 is 25.2 Å². The minimum Gasteiger partial charge on any atom is -0.394 e. The standard InChI is InChI=1S/C6H11O5/c7-2-4-6(10)3(8)1-5(9)11-4/h3-8,10H,1-2H2/t3-,4-,5?,6+/m1/s1. The van der Waals surface area contributed by atoms with E-state index in [4.69, 9.17) is 15.3 Å². The number of ether oxygens (including phenoxy) is 1. The Morgan fingerprint density at radius 2 is 2.09 bits per heavy atom. The van der Waals surface area contributed by atoms with Crippen LogP contribution in [0.25, 0.3) is 0 Å². The molecule has 0 amide bonds. The number of hydrogen-bond donors (Lipinski definition) is 3. The molecule has 1 rings (SSSR count). The van der Waals surface area contributed by atoms with Crippen molar-refractivity contribution in [1.82, 2.24) is 0 Å². The van der Waals surface area contributed by atoms with E-state index in [2.05, 4.69) is 4.74 Å². The van der Waals surface area contributed by atoms with Gasteiger partial charge in [-0.15, -0.1) is 0 Å². The summed E-state index contributed by atoms with van der Waals surface area (Å²) in [7, 11) is 0. The molecule has 0 aliphatic carbocycles. The van der Waals surface area contributed by atoms with E-state index in [0.717, 1.165) is 0 Å². The summed E-state index contributed by atoms with van der Waals surface area (Å²) in [6.45, 7) is -0.447. The predicted octanol–water partition coefficient (Wildman–Crippen LogP) is -1.75. The van der Waals surface area contributed by atoms with Crippen molar-refractivity contribution in [3.8, 4) is 0 Å². The highest BCUT2D eigenvalue weighted by Gasteiger charge is 2.35. The first-order chi connectivity index (χ1) is 5.15. The van der Waals surface area contributed by atoms with Crippen molar-refractivity contribution in [2.75, 3.05) is 6.61 Å². The topological polar surface area (TPSA) is 89.8 Å². The van der Waals surface area contributed by atoms with Crippen LogP contribution in [0.4, 0.5) is 0 Å². The van der Waals surface area contributed by atoms with Crippen LogP contribution in [0, 0.1) is 0 Å². The maximum atomic E-state index is 10.7. The molecular formula is C6H11O5. The van der Waals surface area contributed by atoms with Gasteiger partial charge in [0, 0.05) is 6.42 Å². The van der Waals surface area contributed by atoms with Gasteiger partial charge in [0.1, 0.15) is 12.2 Å². The fourth-order valence-corrected chi connectivity index (χ4v) is 1.07. The summed E-state index contributed by atoms with van der Waals surface area (Å²) in [4.78, 5) is 0. The molecule has 5 nitrogen and oxygen atoms in total. The average Bonchev–Trinajstić information content (AvgIpc) is 1.96. The number of rotatable bonds is 1. The first-order valence-electron chi connectivity index (χ1n) is 3.43. The van der Waals surface area contributed by atoms with Gasteiger partial charge in [0.15, 0.2) is 6.29 Å². The molecule has 0 spiro atoms. The molecule has 3 N–H and O–H groups in total. The highest BCUT2D eigenvalue weighted by molar-refractivity contribution is 4.81. The van der Waals surface area contributed by atoms with Crippen molar-refractivity contribution in [2.45, 2.75) is 31.0 Å². The molecule has 1 saturated heterocycles. The van der Waals surface area contributed by atoms with Gasteiger partial charge in [-0.3, -0.25) is 0 Å². The van der Waals surface area contributed by atoms with E-state index in [-0.39, 0.29) is 6.42 Å². The Morgan fingerprint density at radius 1 is 1.45 bits per heavy atom. The van der Waals surface area contributed by atoms with E-state index in [1.54, 1.807) is 0 Å². The molecule has 0 bridgehead atoms. The van der Waals surface area contributed by atoms with Crippen LogP contribution in [0.5, 0.6) is 0 Å². The first-order valence-corrected chi connectivity index (χ1v) is 3.43.